The van der Waals surface area contributed by atoms with Crippen molar-refractivity contribution in [2.45, 2.75) is 31.8 Å². The van der Waals surface area contributed by atoms with Crippen LogP contribution < -0.4 is 10.0 Å². The average Bonchev–Trinajstić information content (AvgIpc) is 2.71. The van der Waals surface area contributed by atoms with Gasteiger partial charge in [0.15, 0.2) is 0 Å². The van der Waals surface area contributed by atoms with E-state index in [4.69, 9.17) is 0 Å². The molecule has 6 heteroatoms. The molecule has 0 aromatic heterocycles. The quantitative estimate of drug-likeness (QED) is 0.626. The third-order valence-corrected chi connectivity index (χ3v) is 5.97. The van der Waals surface area contributed by atoms with E-state index in [0.29, 0.717) is 12.1 Å². The SMILES string of the molecule is Cc1ccc(S(=O)(=O)NCc2ccc(CNC(=O)c3cccc(C)c3)cc2)cc1. The molecule has 0 atom stereocenters. The zero-order chi connectivity index (χ0) is 20.9. The van der Waals surface area contributed by atoms with E-state index in [-0.39, 0.29) is 17.3 Å². The fourth-order valence-electron chi connectivity index (χ4n) is 2.82. The first-order valence-corrected chi connectivity index (χ1v) is 10.8. The molecule has 3 aromatic carbocycles. The van der Waals surface area contributed by atoms with Crippen molar-refractivity contribution in [3.05, 3.63) is 101 Å². The van der Waals surface area contributed by atoms with Crippen molar-refractivity contribution < 1.29 is 13.2 Å². The summed E-state index contributed by atoms with van der Waals surface area (Å²) in [4.78, 5) is 12.5. The molecule has 5 nitrogen and oxygen atoms in total. The number of amides is 1. The van der Waals surface area contributed by atoms with Crippen molar-refractivity contribution in [3.63, 3.8) is 0 Å². The molecule has 29 heavy (non-hydrogen) atoms. The Hall–Kier alpha value is -2.96. The average molecular weight is 409 g/mol. The van der Waals surface area contributed by atoms with Crippen LogP contribution in [0.15, 0.2) is 77.7 Å². The van der Waals surface area contributed by atoms with E-state index in [0.717, 1.165) is 22.3 Å². The van der Waals surface area contributed by atoms with Crippen LogP contribution in [-0.2, 0) is 23.1 Å². The zero-order valence-electron chi connectivity index (χ0n) is 16.5. The lowest BCUT2D eigenvalue weighted by atomic mass is 10.1. The van der Waals surface area contributed by atoms with Crippen LogP contribution >= 0.6 is 0 Å². The van der Waals surface area contributed by atoms with Crippen molar-refractivity contribution in [1.29, 1.82) is 0 Å². The summed E-state index contributed by atoms with van der Waals surface area (Å²) >= 11 is 0. The number of hydrogen-bond acceptors (Lipinski definition) is 3. The third-order valence-electron chi connectivity index (χ3n) is 4.55. The highest BCUT2D eigenvalue weighted by atomic mass is 32.2. The molecule has 3 rings (SSSR count). The monoisotopic (exact) mass is 408 g/mol. The van der Waals surface area contributed by atoms with Gasteiger partial charge in [-0.15, -0.1) is 0 Å². The van der Waals surface area contributed by atoms with E-state index in [2.05, 4.69) is 10.0 Å². The Morgan fingerprint density at radius 2 is 1.41 bits per heavy atom. The Morgan fingerprint density at radius 3 is 2.03 bits per heavy atom. The van der Waals surface area contributed by atoms with E-state index in [1.54, 1.807) is 30.3 Å². The summed E-state index contributed by atoms with van der Waals surface area (Å²) in [6.45, 7) is 4.46. The van der Waals surface area contributed by atoms with Gasteiger partial charge in [-0.25, -0.2) is 13.1 Å². The molecule has 0 saturated carbocycles. The highest BCUT2D eigenvalue weighted by molar-refractivity contribution is 7.89. The van der Waals surface area contributed by atoms with E-state index in [1.807, 2.05) is 56.3 Å². The molecule has 0 aliphatic rings. The zero-order valence-corrected chi connectivity index (χ0v) is 17.3. The molecule has 0 unspecified atom stereocenters. The number of carbonyl (C=O) groups excluding carboxylic acids is 1. The van der Waals surface area contributed by atoms with Crippen LogP contribution in [0.25, 0.3) is 0 Å². The summed E-state index contributed by atoms with van der Waals surface area (Å²) in [5, 5.41) is 2.89. The second kappa shape index (κ2) is 9.03. The third kappa shape index (κ3) is 5.76. The van der Waals surface area contributed by atoms with Crippen molar-refractivity contribution in [2.75, 3.05) is 0 Å². The van der Waals surface area contributed by atoms with Crippen molar-refractivity contribution in [3.8, 4) is 0 Å². The molecule has 0 fully saturated rings. The molecule has 0 heterocycles. The Bertz CT molecular complexity index is 1090. The van der Waals surface area contributed by atoms with Crippen molar-refractivity contribution >= 4 is 15.9 Å². The van der Waals surface area contributed by atoms with Crippen molar-refractivity contribution in [1.82, 2.24) is 10.0 Å². The number of sulfonamides is 1. The van der Waals surface area contributed by atoms with Gasteiger partial charge in [0.2, 0.25) is 10.0 Å². The first-order valence-electron chi connectivity index (χ1n) is 9.32. The highest BCUT2D eigenvalue weighted by Gasteiger charge is 2.13. The number of hydrogen-bond donors (Lipinski definition) is 2. The van der Waals surface area contributed by atoms with Crippen LogP contribution in [0.1, 0.15) is 32.6 Å². The van der Waals surface area contributed by atoms with Crippen LogP contribution in [0.5, 0.6) is 0 Å². The summed E-state index contributed by atoms with van der Waals surface area (Å²) < 4.78 is 27.3. The molecule has 0 aliphatic heterocycles. The van der Waals surface area contributed by atoms with Gasteiger partial charge in [0.25, 0.3) is 5.91 Å². The molecule has 150 valence electrons. The molecule has 1 amide bonds. The first kappa shape index (κ1) is 20.8. The van der Waals surface area contributed by atoms with Crippen LogP contribution in [0, 0.1) is 13.8 Å². The molecule has 2 N–H and O–H groups in total. The van der Waals surface area contributed by atoms with Crippen LogP contribution in [0.2, 0.25) is 0 Å². The molecular formula is C23H24N2O3S. The summed E-state index contributed by atoms with van der Waals surface area (Å²) in [6, 6.07) is 21.6. The van der Waals surface area contributed by atoms with Gasteiger partial charge >= 0.3 is 0 Å². The Balaban J connectivity index is 1.55. The number of carbonyl (C=O) groups is 1. The predicted octanol–water partition coefficient (Wildman–Crippen LogP) is 3.71. The minimum atomic E-state index is -3.55. The van der Waals surface area contributed by atoms with E-state index < -0.39 is 10.0 Å². The normalized spacial score (nSPS) is 11.2. The maximum Gasteiger partial charge on any atom is 0.251 e. The van der Waals surface area contributed by atoms with Gasteiger partial charge in [0, 0.05) is 18.7 Å². The minimum absolute atomic E-state index is 0.122. The Kier molecular flexibility index (Phi) is 6.46. The Morgan fingerprint density at radius 1 is 0.793 bits per heavy atom. The predicted molar refractivity (Wildman–Crippen MR) is 114 cm³/mol. The lowest BCUT2D eigenvalue weighted by molar-refractivity contribution is 0.0951. The molecule has 0 bridgehead atoms. The molecule has 0 spiro atoms. The number of benzene rings is 3. The summed E-state index contributed by atoms with van der Waals surface area (Å²) in [5.41, 5.74) is 4.46. The highest BCUT2D eigenvalue weighted by Crippen LogP contribution is 2.12. The Labute approximate surface area is 171 Å². The van der Waals surface area contributed by atoms with Crippen molar-refractivity contribution in [2.24, 2.45) is 0 Å². The maximum absolute atomic E-state index is 12.4. The van der Waals surface area contributed by atoms with Gasteiger partial charge in [0.05, 0.1) is 4.90 Å². The largest absolute Gasteiger partial charge is 0.348 e. The standard InChI is InChI=1S/C23H24N2O3S/c1-17-6-12-22(13-7-17)29(27,28)25-16-20-10-8-19(9-11-20)15-24-23(26)21-5-3-4-18(2)14-21/h3-14,25H,15-16H2,1-2H3,(H,24,26). The molecule has 0 aliphatic carbocycles. The first-order chi connectivity index (χ1) is 13.8. The molecule has 3 aromatic rings. The van der Waals surface area contributed by atoms with Gasteiger partial charge in [-0.05, 0) is 49.2 Å². The van der Waals surface area contributed by atoms with E-state index in [1.165, 1.54) is 0 Å². The summed E-state index contributed by atoms with van der Waals surface area (Å²) in [7, 11) is -3.55. The molecule has 0 radical (unpaired) electrons. The van der Waals surface area contributed by atoms with E-state index >= 15 is 0 Å². The second-order valence-corrected chi connectivity index (χ2v) is 8.77. The smallest absolute Gasteiger partial charge is 0.251 e. The lowest BCUT2D eigenvalue weighted by Crippen LogP contribution is -2.23. The number of rotatable bonds is 7. The molecule has 0 saturated heterocycles. The van der Waals surface area contributed by atoms with Crippen LogP contribution in [-0.4, -0.2) is 14.3 Å². The van der Waals surface area contributed by atoms with Gasteiger partial charge < -0.3 is 5.32 Å². The lowest BCUT2D eigenvalue weighted by Gasteiger charge is -2.09. The maximum atomic E-state index is 12.4. The fraction of sp³-hybridized carbons (Fsp3) is 0.174. The van der Waals surface area contributed by atoms with Crippen LogP contribution in [0.3, 0.4) is 0 Å². The van der Waals surface area contributed by atoms with Gasteiger partial charge in [-0.1, -0.05) is 59.7 Å². The number of nitrogens with one attached hydrogen (secondary N) is 2. The van der Waals surface area contributed by atoms with Gasteiger partial charge in [-0.2, -0.15) is 0 Å². The summed E-state index contributed by atoms with van der Waals surface area (Å²) in [5.74, 6) is -0.122. The number of aryl methyl sites for hydroxylation is 2. The van der Waals surface area contributed by atoms with Gasteiger partial charge in [-0.3, -0.25) is 4.79 Å². The summed E-state index contributed by atoms with van der Waals surface area (Å²) in [6.07, 6.45) is 0. The van der Waals surface area contributed by atoms with Gasteiger partial charge in [0.1, 0.15) is 0 Å². The minimum Gasteiger partial charge on any atom is -0.348 e. The second-order valence-electron chi connectivity index (χ2n) is 7.01. The topological polar surface area (TPSA) is 75.3 Å². The van der Waals surface area contributed by atoms with Crippen LogP contribution in [0.4, 0.5) is 0 Å². The van der Waals surface area contributed by atoms with E-state index in [9.17, 15) is 13.2 Å². The molecular weight excluding hydrogens is 384 g/mol. The fourth-order valence-corrected chi connectivity index (χ4v) is 3.84.